The van der Waals surface area contributed by atoms with E-state index >= 15 is 0 Å². The summed E-state index contributed by atoms with van der Waals surface area (Å²) in [4.78, 5) is 36.3. The molecule has 0 aliphatic carbocycles. The molecule has 0 spiro atoms. The summed E-state index contributed by atoms with van der Waals surface area (Å²) in [6, 6.07) is 2.00. The van der Waals surface area contributed by atoms with Gasteiger partial charge in [-0.15, -0.1) is 0 Å². The van der Waals surface area contributed by atoms with Gasteiger partial charge in [-0.1, -0.05) is 93.4 Å². The van der Waals surface area contributed by atoms with Crippen molar-refractivity contribution in [3.05, 3.63) is 0 Å². The van der Waals surface area contributed by atoms with Crippen molar-refractivity contribution in [1.82, 2.24) is 0 Å². The quantitative estimate of drug-likeness (QED) is 0.219. The summed E-state index contributed by atoms with van der Waals surface area (Å²) in [6.45, 7) is 13.7. The van der Waals surface area contributed by atoms with E-state index in [1.54, 1.807) is 0 Å². The first kappa shape index (κ1) is 35.5. The first-order valence-corrected chi connectivity index (χ1v) is 28.9. The second kappa shape index (κ2) is 14.0. The van der Waals surface area contributed by atoms with Crippen molar-refractivity contribution in [1.29, 1.82) is 0 Å². The Kier molecular flexibility index (Phi) is 12.4. The van der Waals surface area contributed by atoms with Gasteiger partial charge in [0.05, 0.1) is 0 Å². The average molecular weight is 693 g/mol. The molecule has 12 nitrogen and oxygen atoms in total. The number of fused-ring (bicyclic) bond motifs is 3. The van der Waals surface area contributed by atoms with Gasteiger partial charge in [0, 0.05) is 42.3 Å². The van der Waals surface area contributed by atoms with Gasteiger partial charge in [-0.2, -0.15) is 0 Å². The molecular weight excluding hydrogens is 641 g/mol. The van der Waals surface area contributed by atoms with E-state index in [1.807, 2.05) is 48.5 Å². The third kappa shape index (κ3) is 8.19. The molecule has 0 unspecified atom stereocenters. The highest BCUT2D eigenvalue weighted by atomic mass is 28.6. The van der Waals surface area contributed by atoms with Crippen molar-refractivity contribution in [3.8, 4) is 0 Å². The highest BCUT2D eigenvalue weighted by Gasteiger charge is 2.75. The minimum Gasteiger partial charge on any atom is -0.391 e. The Balaban J connectivity index is 2.38. The zero-order valence-corrected chi connectivity index (χ0v) is 32.4. The summed E-state index contributed by atoms with van der Waals surface area (Å²) in [7, 11) is -27.8. The molecule has 3 N–H and O–H groups in total. The predicted molar refractivity (Wildman–Crippen MR) is 162 cm³/mol. The summed E-state index contributed by atoms with van der Waals surface area (Å²) in [5, 5.41) is 0. The molecule has 0 saturated carbocycles. The van der Waals surface area contributed by atoms with Gasteiger partial charge in [0.1, 0.15) is 0 Å². The van der Waals surface area contributed by atoms with Gasteiger partial charge in [0.25, 0.3) is 0 Å². The van der Waals surface area contributed by atoms with E-state index in [4.69, 9.17) is 37.0 Å². The SMILES string of the molecule is CCC[Si]1(O)O[Si]2(CCC)O[Si](O)(CCC)O[Si]3(CCC)O[Si](O)(CCC)O[Si](CCC)(O1)O[Si](CCC)(O2)O3. The summed E-state index contributed by atoms with van der Waals surface area (Å²) in [6.07, 6.45) is 4.19. The molecule has 0 aromatic heterocycles. The van der Waals surface area contributed by atoms with Crippen molar-refractivity contribution < 1.29 is 51.4 Å². The van der Waals surface area contributed by atoms with Crippen LogP contribution in [-0.4, -0.2) is 76.0 Å². The van der Waals surface area contributed by atoms with E-state index in [0.717, 1.165) is 0 Å². The monoisotopic (exact) mass is 692 g/mol. The van der Waals surface area contributed by atoms with Gasteiger partial charge in [-0.3, -0.25) is 0 Å². The standard InChI is InChI=1S/C21H52O12Si7/c1-8-15-34(22)25-37(18-11-4)27-35(23,16-9-2)29-39(20-13-6)30-36(24,17-10-3)28-38(26-34,19-12-5)32-40(31-37,33-39)21-14-7/h22-24H,8-21H2,1-7H3. The zero-order valence-electron chi connectivity index (χ0n) is 25.4. The van der Waals surface area contributed by atoms with E-state index in [2.05, 4.69) is 0 Å². The molecular formula is C21H52O12Si7. The largest absolute Gasteiger partial charge is 0.483 e. The van der Waals surface area contributed by atoms with Gasteiger partial charge in [-0.25, -0.2) is 0 Å². The molecule has 3 rings (SSSR count). The smallest absolute Gasteiger partial charge is 0.391 e. The van der Waals surface area contributed by atoms with Crippen LogP contribution in [0.4, 0.5) is 0 Å². The zero-order chi connectivity index (χ0) is 29.8. The van der Waals surface area contributed by atoms with Crippen LogP contribution in [0.5, 0.6) is 0 Å². The fourth-order valence-electron chi connectivity index (χ4n) is 5.57. The van der Waals surface area contributed by atoms with Crippen LogP contribution in [-0.2, 0) is 37.0 Å². The lowest BCUT2D eigenvalue weighted by Gasteiger charge is -2.56. The Morgan fingerprint density at radius 2 is 0.475 bits per heavy atom. The summed E-state index contributed by atoms with van der Waals surface area (Å²) >= 11 is 0. The lowest BCUT2D eigenvalue weighted by atomic mass is 10.6. The van der Waals surface area contributed by atoms with Crippen molar-refractivity contribution in [2.75, 3.05) is 0 Å². The molecule has 0 radical (unpaired) electrons. The van der Waals surface area contributed by atoms with Crippen molar-refractivity contribution in [3.63, 3.8) is 0 Å². The first-order chi connectivity index (χ1) is 18.8. The minimum atomic E-state index is -4.09. The Hall–Kier alpha value is 1.04. The molecule has 0 aromatic carbocycles. The van der Waals surface area contributed by atoms with E-state index in [0.29, 0.717) is 69.1 Å². The van der Waals surface area contributed by atoms with Crippen LogP contribution in [0, 0.1) is 0 Å². The Morgan fingerprint density at radius 3 is 0.650 bits per heavy atom. The summed E-state index contributed by atoms with van der Waals surface area (Å²) in [5.41, 5.74) is 0. The molecule has 236 valence electrons. The average Bonchev–Trinajstić information content (AvgIpc) is 2.76. The second-order valence-electron chi connectivity index (χ2n) is 11.0. The third-order valence-electron chi connectivity index (χ3n) is 6.75. The van der Waals surface area contributed by atoms with Crippen LogP contribution in [0.15, 0.2) is 0 Å². The maximum absolute atomic E-state index is 12.1. The molecule has 0 aromatic rings. The van der Waals surface area contributed by atoms with E-state index in [9.17, 15) is 14.4 Å². The molecule has 0 atom stereocenters. The highest BCUT2D eigenvalue weighted by molar-refractivity contribution is 6.98. The molecule has 19 heteroatoms. The van der Waals surface area contributed by atoms with E-state index in [-0.39, 0.29) is 18.1 Å². The van der Waals surface area contributed by atoms with Gasteiger partial charge in [0.15, 0.2) is 0 Å². The van der Waals surface area contributed by atoms with Gasteiger partial charge < -0.3 is 51.4 Å². The minimum absolute atomic E-state index is 0.213. The molecule has 0 amide bonds. The van der Waals surface area contributed by atoms with Crippen LogP contribution < -0.4 is 0 Å². The Morgan fingerprint density at radius 1 is 0.300 bits per heavy atom. The molecule has 3 heterocycles. The lowest BCUT2D eigenvalue weighted by Crippen LogP contribution is -2.82. The maximum atomic E-state index is 12.1. The van der Waals surface area contributed by atoms with Crippen molar-refractivity contribution in [2.24, 2.45) is 0 Å². The molecule has 4 bridgehead atoms. The van der Waals surface area contributed by atoms with Gasteiger partial charge in [-0.05, 0) is 0 Å². The van der Waals surface area contributed by atoms with Crippen LogP contribution >= 0.6 is 0 Å². The van der Waals surface area contributed by atoms with Crippen LogP contribution in [0.3, 0.4) is 0 Å². The molecule has 3 fully saturated rings. The Labute approximate surface area is 248 Å². The first-order valence-electron chi connectivity index (χ1n) is 15.3. The van der Waals surface area contributed by atoms with Crippen LogP contribution in [0.25, 0.3) is 0 Å². The van der Waals surface area contributed by atoms with E-state index < -0.39 is 61.6 Å². The summed E-state index contributed by atoms with van der Waals surface area (Å²) in [5.74, 6) is 0. The molecule has 3 saturated heterocycles. The van der Waals surface area contributed by atoms with E-state index in [1.165, 1.54) is 0 Å². The third-order valence-corrected chi connectivity index (χ3v) is 37.2. The maximum Gasteiger partial charge on any atom is 0.483 e. The van der Waals surface area contributed by atoms with Crippen LogP contribution in [0.2, 0.25) is 42.3 Å². The number of hydrogen-bond donors (Lipinski definition) is 3. The fourth-order valence-corrected chi connectivity index (χ4v) is 42.7. The van der Waals surface area contributed by atoms with Crippen LogP contribution in [0.1, 0.15) is 93.4 Å². The second-order valence-corrected chi connectivity index (χ2v) is 31.6. The molecule has 3 aliphatic rings. The summed E-state index contributed by atoms with van der Waals surface area (Å²) < 4.78 is 60.9. The van der Waals surface area contributed by atoms with Crippen molar-refractivity contribution in [2.45, 2.75) is 136 Å². The topological polar surface area (TPSA) is 144 Å². The fraction of sp³-hybridized carbons (Fsp3) is 1.00. The Bertz CT molecular complexity index is 711. The predicted octanol–water partition coefficient (Wildman–Crippen LogP) is 4.60. The lowest BCUT2D eigenvalue weighted by molar-refractivity contribution is 0.00781. The molecule has 3 aliphatic heterocycles. The van der Waals surface area contributed by atoms with Crippen molar-refractivity contribution >= 4 is 61.6 Å². The van der Waals surface area contributed by atoms with Gasteiger partial charge in [0.2, 0.25) is 0 Å². The highest BCUT2D eigenvalue weighted by Crippen LogP contribution is 2.47. The van der Waals surface area contributed by atoms with Gasteiger partial charge >= 0.3 is 61.6 Å². The number of rotatable bonds is 14. The molecule has 40 heavy (non-hydrogen) atoms. The number of hydrogen-bond acceptors (Lipinski definition) is 12. The normalized spacial score (nSPS) is 44.0.